The maximum absolute atomic E-state index is 6.34. The molecule has 0 amide bonds. The second kappa shape index (κ2) is 9.37. The van der Waals surface area contributed by atoms with Crippen LogP contribution in [0, 0.1) is 0 Å². The fraction of sp³-hybridized carbons (Fsp3) is 0.263. The van der Waals surface area contributed by atoms with Crippen molar-refractivity contribution in [3.63, 3.8) is 0 Å². The van der Waals surface area contributed by atoms with E-state index in [1.807, 2.05) is 29.2 Å². The molecule has 0 bridgehead atoms. The number of benzene rings is 2. The quantitative estimate of drug-likeness (QED) is 0.622. The minimum Gasteiger partial charge on any atom is -0.494 e. The average Bonchev–Trinajstić information content (AvgIpc) is 2.66. The lowest BCUT2D eigenvalue weighted by Gasteiger charge is -2.33. The minimum atomic E-state index is -0.401. The Kier molecular flexibility index (Phi) is 6.88. The van der Waals surface area contributed by atoms with E-state index < -0.39 is 6.17 Å². The van der Waals surface area contributed by atoms with Crippen LogP contribution in [0.3, 0.4) is 0 Å². The molecule has 6 nitrogen and oxygen atoms in total. The van der Waals surface area contributed by atoms with Gasteiger partial charge in [-0.2, -0.15) is 4.99 Å². The number of nitrogens with two attached hydrogens (primary N) is 2. The molecule has 0 radical (unpaired) electrons. The summed E-state index contributed by atoms with van der Waals surface area (Å²) in [6.07, 6.45) is 1.22. The molecule has 9 heteroatoms. The molecule has 2 aromatic carbocycles. The summed E-state index contributed by atoms with van der Waals surface area (Å²) in [5.74, 6) is 1.14. The fourth-order valence-corrected chi connectivity index (χ4v) is 3.35. The number of rotatable bonds is 7. The molecule has 1 aliphatic rings. The third-order valence-electron chi connectivity index (χ3n) is 4.21. The van der Waals surface area contributed by atoms with E-state index in [0.717, 1.165) is 18.4 Å². The smallest absolute Gasteiger partial charge is 0.220 e. The number of unbranched alkanes of at least 4 members (excludes halogenated alkanes) is 1. The van der Waals surface area contributed by atoms with E-state index in [2.05, 4.69) is 9.98 Å². The lowest BCUT2D eigenvalue weighted by atomic mass is 10.1. The van der Waals surface area contributed by atoms with Crippen molar-refractivity contribution in [2.45, 2.75) is 19.0 Å². The normalized spacial score (nSPS) is 16.5. The van der Waals surface area contributed by atoms with Gasteiger partial charge in [0.05, 0.1) is 16.7 Å². The van der Waals surface area contributed by atoms with E-state index in [4.69, 9.17) is 51.0 Å². The average molecular weight is 441 g/mol. The molecule has 1 atom stereocenters. The van der Waals surface area contributed by atoms with Crippen LogP contribution < -0.4 is 16.2 Å². The number of guanidine groups is 2. The van der Waals surface area contributed by atoms with Crippen molar-refractivity contribution in [3.8, 4) is 5.75 Å². The van der Waals surface area contributed by atoms with Gasteiger partial charge in [-0.3, -0.25) is 0 Å². The SMILES string of the molecule is NC1=NC(c2ccccc2Cl)N(CCCCOc2ccc(Cl)c(Cl)c2)C(N)=N1. The van der Waals surface area contributed by atoms with Gasteiger partial charge in [0, 0.05) is 23.2 Å². The minimum absolute atomic E-state index is 0.140. The summed E-state index contributed by atoms with van der Waals surface area (Å²) >= 11 is 18.2. The fourth-order valence-electron chi connectivity index (χ4n) is 2.83. The standard InChI is InChI=1S/C19H20Cl3N5O/c20-14-6-2-1-5-13(14)17-25-18(23)26-19(24)27(17)9-3-4-10-28-12-7-8-15(21)16(22)11-12/h1-2,5-8,11,17H,3-4,9-10H2,(H4,23,24,25,26). The number of aliphatic imine (C=N–C) groups is 2. The second-order valence-electron chi connectivity index (χ2n) is 6.18. The Hall–Kier alpha value is -2.15. The van der Waals surface area contributed by atoms with Crippen LogP contribution in [-0.4, -0.2) is 30.0 Å². The summed E-state index contributed by atoms with van der Waals surface area (Å²) in [7, 11) is 0. The van der Waals surface area contributed by atoms with E-state index in [9.17, 15) is 0 Å². The molecular formula is C19H20Cl3N5O. The number of ether oxygens (including phenoxy) is 1. The molecule has 28 heavy (non-hydrogen) atoms. The van der Waals surface area contributed by atoms with Crippen LogP contribution in [0.25, 0.3) is 0 Å². The van der Waals surface area contributed by atoms with Gasteiger partial charge in [-0.05, 0) is 31.0 Å². The van der Waals surface area contributed by atoms with E-state index >= 15 is 0 Å². The molecule has 0 aromatic heterocycles. The first kappa shape index (κ1) is 20.6. The van der Waals surface area contributed by atoms with Gasteiger partial charge >= 0.3 is 0 Å². The van der Waals surface area contributed by atoms with Crippen molar-refractivity contribution in [3.05, 3.63) is 63.1 Å². The van der Waals surface area contributed by atoms with Crippen molar-refractivity contribution in [2.75, 3.05) is 13.2 Å². The van der Waals surface area contributed by atoms with Crippen molar-refractivity contribution in [1.29, 1.82) is 0 Å². The molecule has 2 aromatic rings. The van der Waals surface area contributed by atoms with Crippen LogP contribution in [0.2, 0.25) is 15.1 Å². The Morgan fingerprint density at radius 3 is 2.50 bits per heavy atom. The highest BCUT2D eigenvalue weighted by molar-refractivity contribution is 6.42. The molecule has 0 fully saturated rings. The van der Waals surface area contributed by atoms with Gasteiger partial charge in [0.25, 0.3) is 0 Å². The van der Waals surface area contributed by atoms with Crippen LogP contribution in [0.5, 0.6) is 5.75 Å². The first-order valence-electron chi connectivity index (χ1n) is 8.72. The zero-order valence-corrected chi connectivity index (χ0v) is 17.3. The summed E-state index contributed by atoms with van der Waals surface area (Å²) < 4.78 is 5.71. The third-order valence-corrected chi connectivity index (χ3v) is 5.29. The van der Waals surface area contributed by atoms with Gasteiger partial charge in [0.2, 0.25) is 11.9 Å². The van der Waals surface area contributed by atoms with Crippen LogP contribution >= 0.6 is 34.8 Å². The summed E-state index contributed by atoms with van der Waals surface area (Å²) in [5.41, 5.74) is 12.7. The lowest BCUT2D eigenvalue weighted by molar-refractivity contribution is 0.274. The number of hydrogen-bond donors (Lipinski definition) is 2. The molecule has 148 valence electrons. The monoisotopic (exact) mass is 439 g/mol. The zero-order valence-electron chi connectivity index (χ0n) is 15.0. The Bertz CT molecular complexity index is 903. The van der Waals surface area contributed by atoms with Crippen molar-refractivity contribution >= 4 is 46.7 Å². The Balaban J connectivity index is 1.58. The largest absolute Gasteiger partial charge is 0.494 e. The summed E-state index contributed by atoms with van der Waals surface area (Å²) in [5, 5.41) is 1.57. The highest BCUT2D eigenvalue weighted by Gasteiger charge is 2.26. The predicted octanol–water partition coefficient (Wildman–Crippen LogP) is 4.45. The van der Waals surface area contributed by atoms with Crippen LogP contribution in [0.1, 0.15) is 24.6 Å². The Morgan fingerprint density at radius 2 is 1.75 bits per heavy atom. The Morgan fingerprint density at radius 1 is 0.964 bits per heavy atom. The molecule has 1 aliphatic heterocycles. The zero-order chi connectivity index (χ0) is 20.1. The van der Waals surface area contributed by atoms with Crippen molar-refractivity contribution in [1.82, 2.24) is 4.90 Å². The van der Waals surface area contributed by atoms with E-state index in [1.54, 1.807) is 18.2 Å². The topological polar surface area (TPSA) is 89.2 Å². The molecule has 0 aliphatic carbocycles. The molecule has 0 saturated carbocycles. The number of nitrogens with zero attached hydrogens (tertiary/aromatic N) is 3. The molecular weight excluding hydrogens is 421 g/mol. The molecule has 1 unspecified atom stereocenters. The molecule has 4 N–H and O–H groups in total. The van der Waals surface area contributed by atoms with Crippen molar-refractivity contribution in [2.24, 2.45) is 21.5 Å². The van der Waals surface area contributed by atoms with E-state index in [0.29, 0.717) is 39.9 Å². The van der Waals surface area contributed by atoms with Gasteiger partial charge in [-0.15, -0.1) is 0 Å². The van der Waals surface area contributed by atoms with Crippen molar-refractivity contribution < 1.29 is 4.74 Å². The third kappa shape index (κ3) is 5.01. The predicted molar refractivity (Wildman–Crippen MR) is 115 cm³/mol. The first-order valence-corrected chi connectivity index (χ1v) is 9.85. The molecule has 3 rings (SSSR count). The first-order chi connectivity index (χ1) is 13.5. The highest BCUT2D eigenvalue weighted by atomic mass is 35.5. The lowest BCUT2D eigenvalue weighted by Crippen LogP contribution is -2.44. The maximum Gasteiger partial charge on any atom is 0.220 e. The van der Waals surface area contributed by atoms with Gasteiger partial charge < -0.3 is 21.1 Å². The maximum atomic E-state index is 6.34. The molecule has 0 spiro atoms. The van der Waals surface area contributed by atoms with Crippen LogP contribution in [0.4, 0.5) is 0 Å². The van der Waals surface area contributed by atoms with Gasteiger partial charge in [-0.25, -0.2) is 4.99 Å². The second-order valence-corrected chi connectivity index (χ2v) is 7.40. The van der Waals surface area contributed by atoms with Crippen LogP contribution in [0.15, 0.2) is 52.4 Å². The van der Waals surface area contributed by atoms with Gasteiger partial charge in [-0.1, -0.05) is 53.0 Å². The summed E-state index contributed by atoms with van der Waals surface area (Å²) in [6, 6.07) is 12.7. The van der Waals surface area contributed by atoms with E-state index in [-0.39, 0.29) is 5.96 Å². The number of hydrogen-bond acceptors (Lipinski definition) is 6. The highest BCUT2D eigenvalue weighted by Crippen LogP contribution is 2.30. The number of halogens is 3. The summed E-state index contributed by atoms with van der Waals surface area (Å²) in [6.45, 7) is 1.16. The van der Waals surface area contributed by atoms with Gasteiger partial charge in [0.1, 0.15) is 5.75 Å². The molecule has 0 saturated heterocycles. The molecule has 1 heterocycles. The van der Waals surface area contributed by atoms with Crippen LogP contribution in [-0.2, 0) is 0 Å². The Labute approximate surface area is 178 Å². The summed E-state index contributed by atoms with van der Waals surface area (Å²) in [4.78, 5) is 10.4. The van der Waals surface area contributed by atoms with Gasteiger partial charge in [0.15, 0.2) is 6.17 Å². The van der Waals surface area contributed by atoms with E-state index in [1.165, 1.54) is 0 Å².